The highest BCUT2D eigenvalue weighted by atomic mass is 35.5. The first-order valence-corrected chi connectivity index (χ1v) is 6.01. The summed E-state index contributed by atoms with van der Waals surface area (Å²) >= 11 is 5.52. The maximum absolute atomic E-state index is 12.9. The first-order valence-electron chi connectivity index (χ1n) is 5.48. The Labute approximate surface area is 105 Å². The summed E-state index contributed by atoms with van der Waals surface area (Å²) in [5.41, 5.74) is -0.0395. The first kappa shape index (κ1) is 13.8. The summed E-state index contributed by atoms with van der Waals surface area (Å²) in [7, 11) is 0. The van der Waals surface area contributed by atoms with E-state index in [0.717, 1.165) is 37.5 Å². The number of phenolic OH excluding ortho intramolecular Hbond substituents is 1. The summed E-state index contributed by atoms with van der Waals surface area (Å²) in [5.74, 6) is -0.619. The van der Waals surface area contributed by atoms with Gasteiger partial charge in [0.1, 0.15) is 11.6 Å². The molecule has 5 heteroatoms. The van der Waals surface area contributed by atoms with Crippen LogP contribution in [-0.4, -0.2) is 23.4 Å². The number of benzene rings is 1. The van der Waals surface area contributed by atoms with Gasteiger partial charge in [-0.25, -0.2) is 4.39 Å². The Morgan fingerprint density at radius 3 is 2.82 bits per heavy atom. The molecule has 17 heavy (non-hydrogen) atoms. The molecule has 2 N–H and O–H groups in total. The van der Waals surface area contributed by atoms with E-state index in [9.17, 15) is 14.3 Å². The second kappa shape index (κ2) is 7.12. The molecule has 0 aromatic heterocycles. The van der Waals surface area contributed by atoms with Crippen LogP contribution in [0.4, 0.5) is 4.39 Å². The lowest BCUT2D eigenvalue weighted by molar-refractivity contribution is 0.0950. The van der Waals surface area contributed by atoms with Crippen molar-refractivity contribution in [1.82, 2.24) is 5.32 Å². The number of aromatic hydroxyl groups is 1. The van der Waals surface area contributed by atoms with Gasteiger partial charge in [0.05, 0.1) is 5.56 Å². The van der Waals surface area contributed by atoms with Crippen molar-refractivity contribution in [2.75, 3.05) is 12.4 Å². The Bertz CT molecular complexity index is 385. The molecule has 0 aliphatic heterocycles. The Hall–Kier alpha value is -1.29. The van der Waals surface area contributed by atoms with Gasteiger partial charge < -0.3 is 10.4 Å². The highest BCUT2D eigenvalue weighted by molar-refractivity contribution is 6.17. The predicted octanol–water partition coefficient (Wildman–Crippen LogP) is 2.67. The molecule has 3 nitrogen and oxygen atoms in total. The summed E-state index contributed by atoms with van der Waals surface area (Å²) in [5, 5.41) is 12.0. The number of amides is 1. The normalized spacial score (nSPS) is 10.2. The average molecular weight is 260 g/mol. The van der Waals surface area contributed by atoms with E-state index >= 15 is 0 Å². The van der Waals surface area contributed by atoms with Crippen molar-refractivity contribution >= 4 is 17.5 Å². The van der Waals surface area contributed by atoms with Crippen LogP contribution in [0.1, 0.15) is 29.6 Å². The van der Waals surface area contributed by atoms with Crippen molar-refractivity contribution in [1.29, 1.82) is 0 Å². The summed E-state index contributed by atoms with van der Waals surface area (Å²) in [6, 6.07) is 3.29. The van der Waals surface area contributed by atoms with Crippen LogP contribution < -0.4 is 5.32 Å². The topological polar surface area (TPSA) is 49.3 Å². The maximum atomic E-state index is 12.9. The van der Waals surface area contributed by atoms with Crippen molar-refractivity contribution in [3.05, 3.63) is 29.6 Å². The van der Waals surface area contributed by atoms with Crippen LogP contribution >= 0.6 is 11.6 Å². The van der Waals surface area contributed by atoms with Crippen LogP contribution in [0.25, 0.3) is 0 Å². The van der Waals surface area contributed by atoms with Gasteiger partial charge in [-0.1, -0.05) is 6.42 Å². The number of rotatable bonds is 6. The van der Waals surface area contributed by atoms with Crippen LogP contribution in [0.2, 0.25) is 0 Å². The number of halogens is 2. The van der Waals surface area contributed by atoms with E-state index in [2.05, 4.69) is 5.32 Å². The molecule has 1 amide bonds. The quantitative estimate of drug-likeness (QED) is 0.610. The molecule has 0 spiro atoms. The second-order valence-corrected chi connectivity index (χ2v) is 4.04. The molecule has 0 saturated carbocycles. The first-order chi connectivity index (χ1) is 8.15. The number of hydrogen-bond donors (Lipinski definition) is 2. The van der Waals surface area contributed by atoms with E-state index in [0.29, 0.717) is 12.4 Å². The van der Waals surface area contributed by atoms with Gasteiger partial charge in [-0.15, -0.1) is 11.6 Å². The molecular weight excluding hydrogens is 245 g/mol. The fraction of sp³-hybridized carbons (Fsp3) is 0.417. The maximum Gasteiger partial charge on any atom is 0.255 e. The third-order valence-corrected chi connectivity index (χ3v) is 2.57. The number of nitrogens with one attached hydrogen (secondary N) is 1. The van der Waals surface area contributed by atoms with Gasteiger partial charge >= 0.3 is 0 Å². The zero-order chi connectivity index (χ0) is 12.7. The molecule has 0 radical (unpaired) electrons. The van der Waals surface area contributed by atoms with Gasteiger partial charge in [0, 0.05) is 12.4 Å². The fourth-order valence-electron chi connectivity index (χ4n) is 1.38. The Morgan fingerprint density at radius 2 is 2.12 bits per heavy atom. The number of carbonyl (C=O) groups is 1. The number of unbranched alkanes of at least 4 members (excludes halogenated alkanes) is 2. The predicted molar refractivity (Wildman–Crippen MR) is 65.0 cm³/mol. The van der Waals surface area contributed by atoms with Crippen LogP contribution in [-0.2, 0) is 0 Å². The standard InChI is InChI=1S/C12H15ClFNO2/c13-6-2-1-3-7-15-12(17)10-8-9(14)4-5-11(10)16/h4-5,8,16H,1-3,6-7H2,(H,15,17). The minimum Gasteiger partial charge on any atom is -0.507 e. The molecule has 0 saturated heterocycles. The van der Waals surface area contributed by atoms with Gasteiger partial charge in [0.2, 0.25) is 0 Å². The molecule has 94 valence electrons. The van der Waals surface area contributed by atoms with Crippen LogP contribution in [0, 0.1) is 5.82 Å². The van der Waals surface area contributed by atoms with Gasteiger partial charge in [0.15, 0.2) is 0 Å². The highest BCUT2D eigenvalue weighted by Gasteiger charge is 2.11. The molecule has 1 aromatic carbocycles. The van der Waals surface area contributed by atoms with Gasteiger partial charge in [-0.05, 0) is 31.0 Å². The van der Waals surface area contributed by atoms with E-state index in [1.807, 2.05) is 0 Å². The summed E-state index contributed by atoms with van der Waals surface area (Å²) in [6.07, 6.45) is 2.65. The van der Waals surface area contributed by atoms with E-state index in [-0.39, 0.29) is 11.3 Å². The van der Waals surface area contributed by atoms with Gasteiger partial charge in [-0.3, -0.25) is 4.79 Å². The van der Waals surface area contributed by atoms with Crippen LogP contribution in [0.5, 0.6) is 5.75 Å². The fourth-order valence-corrected chi connectivity index (χ4v) is 1.57. The second-order valence-electron chi connectivity index (χ2n) is 3.67. The van der Waals surface area contributed by atoms with E-state index in [1.54, 1.807) is 0 Å². The zero-order valence-corrected chi connectivity index (χ0v) is 10.1. The molecule has 0 aliphatic carbocycles. The SMILES string of the molecule is O=C(NCCCCCCl)c1cc(F)ccc1O. The third-order valence-electron chi connectivity index (χ3n) is 2.30. The highest BCUT2D eigenvalue weighted by Crippen LogP contribution is 2.17. The molecule has 1 rings (SSSR count). The average Bonchev–Trinajstić information content (AvgIpc) is 2.32. The molecule has 0 heterocycles. The van der Waals surface area contributed by atoms with Crippen molar-refractivity contribution in [2.45, 2.75) is 19.3 Å². The van der Waals surface area contributed by atoms with Crippen LogP contribution in [0.3, 0.4) is 0 Å². The molecule has 0 unspecified atom stereocenters. The van der Waals surface area contributed by atoms with Crippen molar-refractivity contribution < 1.29 is 14.3 Å². The van der Waals surface area contributed by atoms with Crippen molar-refractivity contribution in [2.24, 2.45) is 0 Å². The van der Waals surface area contributed by atoms with E-state index in [4.69, 9.17) is 11.6 Å². The Balaban J connectivity index is 2.44. The molecule has 0 atom stereocenters. The van der Waals surface area contributed by atoms with E-state index < -0.39 is 11.7 Å². The van der Waals surface area contributed by atoms with Gasteiger partial charge in [0.25, 0.3) is 5.91 Å². The van der Waals surface area contributed by atoms with E-state index in [1.165, 1.54) is 0 Å². The lowest BCUT2D eigenvalue weighted by atomic mass is 10.1. The smallest absolute Gasteiger partial charge is 0.255 e. The lowest BCUT2D eigenvalue weighted by Crippen LogP contribution is -2.24. The minimum absolute atomic E-state index is 0.0395. The molecule has 0 fully saturated rings. The summed E-state index contributed by atoms with van der Waals surface area (Å²) < 4.78 is 12.9. The minimum atomic E-state index is -0.546. The zero-order valence-electron chi connectivity index (χ0n) is 9.38. The van der Waals surface area contributed by atoms with Crippen molar-refractivity contribution in [3.63, 3.8) is 0 Å². The number of alkyl halides is 1. The number of carbonyl (C=O) groups excluding carboxylic acids is 1. The molecule has 0 bridgehead atoms. The van der Waals surface area contributed by atoms with Crippen LogP contribution in [0.15, 0.2) is 18.2 Å². The summed E-state index contributed by atoms with van der Waals surface area (Å²) in [6.45, 7) is 0.492. The third kappa shape index (κ3) is 4.61. The largest absolute Gasteiger partial charge is 0.507 e. The van der Waals surface area contributed by atoms with Gasteiger partial charge in [-0.2, -0.15) is 0 Å². The monoisotopic (exact) mass is 259 g/mol. The van der Waals surface area contributed by atoms with Crippen molar-refractivity contribution in [3.8, 4) is 5.75 Å². The molecular formula is C12H15ClFNO2. The lowest BCUT2D eigenvalue weighted by Gasteiger charge is -2.06. The molecule has 0 aliphatic rings. The number of phenols is 1. The Kier molecular flexibility index (Phi) is 5.77. The number of hydrogen-bond acceptors (Lipinski definition) is 2. The molecule has 1 aromatic rings. The Morgan fingerprint density at radius 1 is 1.35 bits per heavy atom. The summed E-state index contributed by atoms with van der Waals surface area (Å²) in [4.78, 5) is 11.6.